The lowest BCUT2D eigenvalue weighted by Crippen LogP contribution is -2.61. The molecule has 0 bridgehead atoms. The number of rotatable bonds is 3. The standard InChI is InChI=1S/C59H63BF2N2S/c1-34-27-49-52-50(28-34)64(47-23-20-37(31-45(47)62)57(8,9)10)53-40-30-36(56(5,6)7)21-24-51(40)65-54(53)60(52)43-32-41-42(59(13,14)26-25-58(41,11)12)33-48(43)63(49)46-22-19-35(55(2,3)4)29-39(46)38-17-15-16-18-44(38)61/h15-24,27-33H,25-26H2,1-14H3. The highest BCUT2D eigenvalue weighted by atomic mass is 32.1. The zero-order valence-electron chi connectivity index (χ0n) is 40.9. The number of hydrogen-bond acceptors (Lipinski definition) is 3. The molecule has 6 heteroatoms. The molecule has 0 spiro atoms. The molecule has 2 aliphatic heterocycles. The quantitative estimate of drug-likeness (QED) is 0.163. The summed E-state index contributed by atoms with van der Waals surface area (Å²) in [7, 11) is 0. The van der Waals surface area contributed by atoms with Crippen LogP contribution < -0.4 is 25.5 Å². The smallest absolute Gasteiger partial charge is 0.264 e. The van der Waals surface area contributed by atoms with Crippen LogP contribution in [0.5, 0.6) is 0 Å². The van der Waals surface area contributed by atoms with Crippen LogP contribution >= 0.6 is 11.3 Å². The van der Waals surface area contributed by atoms with Crippen LogP contribution in [0.2, 0.25) is 0 Å². The van der Waals surface area contributed by atoms with E-state index in [1.807, 2.05) is 29.5 Å². The van der Waals surface area contributed by atoms with Gasteiger partial charge in [-0.05, 0) is 152 Å². The zero-order valence-corrected chi connectivity index (χ0v) is 41.7. The number of hydrogen-bond donors (Lipinski definition) is 0. The number of fused-ring (bicyclic) bond motifs is 7. The Hall–Kier alpha value is -5.20. The van der Waals surface area contributed by atoms with Crippen molar-refractivity contribution < 1.29 is 8.78 Å². The van der Waals surface area contributed by atoms with Crippen LogP contribution in [0.4, 0.5) is 42.9 Å². The van der Waals surface area contributed by atoms with E-state index < -0.39 is 0 Å². The Morgan fingerprint density at radius 3 is 1.71 bits per heavy atom. The molecular weight excluding hydrogens is 818 g/mol. The number of benzene rings is 6. The maximum atomic E-state index is 17.4. The molecule has 6 aromatic carbocycles. The van der Waals surface area contributed by atoms with Crippen LogP contribution in [0.3, 0.4) is 0 Å². The molecule has 0 unspecified atom stereocenters. The molecule has 332 valence electrons. The summed E-state index contributed by atoms with van der Waals surface area (Å²) in [4.78, 5) is 4.69. The van der Waals surface area contributed by atoms with Crippen LogP contribution in [0, 0.1) is 18.6 Å². The highest BCUT2D eigenvalue weighted by Crippen LogP contribution is 2.54. The fraction of sp³-hybridized carbons (Fsp3) is 0.356. The van der Waals surface area contributed by atoms with Crippen LogP contribution in [0.15, 0.2) is 103 Å². The maximum Gasteiger partial charge on any atom is 0.264 e. The minimum atomic E-state index is -0.251. The molecule has 0 amide bonds. The van der Waals surface area contributed by atoms with Gasteiger partial charge in [-0.15, -0.1) is 11.3 Å². The molecule has 0 radical (unpaired) electrons. The summed E-state index contributed by atoms with van der Waals surface area (Å²) >= 11 is 1.85. The Labute approximate surface area is 390 Å². The van der Waals surface area contributed by atoms with E-state index in [9.17, 15) is 0 Å². The van der Waals surface area contributed by atoms with Crippen molar-refractivity contribution in [2.45, 2.75) is 137 Å². The molecule has 0 fully saturated rings. The normalized spacial score (nSPS) is 16.3. The fourth-order valence-electron chi connectivity index (χ4n) is 10.9. The fourth-order valence-corrected chi connectivity index (χ4v) is 12.2. The third kappa shape index (κ3) is 6.90. The highest BCUT2D eigenvalue weighted by molar-refractivity contribution is 7.33. The Kier molecular flexibility index (Phi) is 9.68. The Morgan fingerprint density at radius 1 is 0.538 bits per heavy atom. The topological polar surface area (TPSA) is 6.48 Å². The number of thiophene rings is 1. The van der Waals surface area contributed by atoms with Crippen molar-refractivity contribution in [3.05, 3.63) is 148 Å². The molecule has 7 aromatic rings. The van der Waals surface area contributed by atoms with Crippen molar-refractivity contribution in [3.63, 3.8) is 0 Å². The summed E-state index contributed by atoms with van der Waals surface area (Å²) in [6, 6.07) is 36.3. The monoisotopic (exact) mass is 880 g/mol. The van der Waals surface area contributed by atoms with Crippen molar-refractivity contribution in [2.75, 3.05) is 9.80 Å². The number of nitrogens with zero attached hydrogens (tertiary/aromatic N) is 2. The number of anilines is 6. The van der Waals surface area contributed by atoms with Gasteiger partial charge in [0.2, 0.25) is 0 Å². The van der Waals surface area contributed by atoms with Crippen LogP contribution in [-0.4, -0.2) is 6.71 Å². The second-order valence-electron chi connectivity index (χ2n) is 23.7. The SMILES string of the molecule is Cc1cc2c3c(c1)N(c1ccc(C(C)(C)C)cc1F)c1c(sc4ccc(C(C)(C)C)cc14)B3c1cc3c(cc1N2c1ccc(C(C)(C)C)cc1-c1ccccc1F)C(C)(C)CCC3(C)C. The molecule has 2 nitrogen and oxygen atoms in total. The van der Waals surface area contributed by atoms with Gasteiger partial charge in [0, 0.05) is 43.1 Å². The number of aryl methyl sites for hydroxylation is 1. The summed E-state index contributed by atoms with van der Waals surface area (Å²) in [5.74, 6) is -0.492. The number of halogens is 2. The predicted molar refractivity (Wildman–Crippen MR) is 277 cm³/mol. The molecule has 3 aliphatic rings. The van der Waals surface area contributed by atoms with Gasteiger partial charge < -0.3 is 9.80 Å². The summed E-state index contributed by atoms with van der Waals surface area (Å²) in [6.45, 7) is 31.5. The minimum absolute atomic E-state index is 0.0446. The van der Waals surface area contributed by atoms with E-state index in [0.29, 0.717) is 11.3 Å². The second-order valence-corrected chi connectivity index (χ2v) is 24.8. The lowest BCUT2D eigenvalue weighted by atomic mass is 9.35. The van der Waals surface area contributed by atoms with E-state index in [1.54, 1.807) is 18.2 Å². The molecule has 0 saturated carbocycles. The van der Waals surface area contributed by atoms with Gasteiger partial charge in [0.25, 0.3) is 6.71 Å². The summed E-state index contributed by atoms with van der Waals surface area (Å²) in [5.41, 5.74) is 16.1. The van der Waals surface area contributed by atoms with Gasteiger partial charge >= 0.3 is 0 Å². The van der Waals surface area contributed by atoms with E-state index in [2.05, 4.69) is 173 Å². The van der Waals surface area contributed by atoms with E-state index in [0.717, 1.165) is 74.4 Å². The molecule has 1 aliphatic carbocycles. The van der Waals surface area contributed by atoms with Crippen LogP contribution in [0.1, 0.15) is 136 Å². The van der Waals surface area contributed by atoms with Crippen molar-refractivity contribution in [3.8, 4) is 11.1 Å². The maximum absolute atomic E-state index is 17.4. The van der Waals surface area contributed by atoms with Gasteiger partial charge in [0.05, 0.1) is 17.1 Å². The van der Waals surface area contributed by atoms with E-state index >= 15 is 8.78 Å². The summed E-state index contributed by atoms with van der Waals surface area (Å²) < 4.78 is 36.2. The first-order valence-electron chi connectivity index (χ1n) is 23.6. The van der Waals surface area contributed by atoms with E-state index in [4.69, 9.17) is 0 Å². The predicted octanol–water partition coefficient (Wildman–Crippen LogP) is 15.5. The van der Waals surface area contributed by atoms with Crippen molar-refractivity contribution >= 4 is 78.0 Å². The lowest BCUT2D eigenvalue weighted by molar-refractivity contribution is 0.332. The first-order valence-corrected chi connectivity index (χ1v) is 24.4. The molecule has 10 rings (SSSR count). The molecule has 0 atom stereocenters. The summed E-state index contributed by atoms with van der Waals surface area (Å²) in [5, 5.41) is 1.15. The summed E-state index contributed by atoms with van der Waals surface area (Å²) in [6.07, 6.45) is 2.18. The lowest BCUT2D eigenvalue weighted by Gasteiger charge is -2.47. The minimum Gasteiger partial charge on any atom is -0.311 e. The van der Waals surface area contributed by atoms with E-state index in [1.165, 1.54) is 31.6 Å². The second kappa shape index (κ2) is 14.4. The van der Waals surface area contributed by atoms with Crippen LogP contribution in [0.25, 0.3) is 21.2 Å². The van der Waals surface area contributed by atoms with E-state index in [-0.39, 0.29) is 45.4 Å². The molecule has 3 heterocycles. The molecule has 0 saturated heterocycles. The van der Waals surface area contributed by atoms with Gasteiger partial charge in [-0.2, -0.15) is 0 Å². The third-order valence-electron chi connectivity index (χ3n) is 15.0. The molecular formula is C59H63BF2N2S. The first kappa shape index (κ1) is 43.7. The highest BCUT2D eigenvalue weighted by Gasteiger charge is 2.48. The largest absolute Gasteiger partial charge is 0.311 e. The molecule has 0 N–H and O–H groups in total. The van der Waals surface area contributed by atoms with Crippen molar-refractivity contribution in [1.29, 1.82) is 0 Å². The molecule has 65 heavy (non-hydrogen) atoms. The van der Waals surface area contributed by atoms with Crippen LogP contribution in [-0.2, 0) is 27.1 Å². The van der Waals surface area contributed by atoms with Gasteiger partial charge in [-0.25, -0.2) is 8.78 Å². The Balaban J connectivity index is 1.37. The first-order chi connectivity index (χ1) is 30.3. The van der Waals surface area contributed by atoms with Gasteiger partial charge in [-0.1, -0.05) is 132 Å². The van der Waals surface area contributed by atoms with Gasteiger partial charge in [0.1, 0.15) is 11.6 Å². The van der Waals surface area contributed by atoms with Crippen molar-refractivity contribution in [1.82, 2.24) is 0 Å². The van der Waals surface area contributed by atoms with Gasteiger partial charge in [-0.3, -0.25) is 0 Å². The molecule has 1 aromatic heterocycles. The Morgan fingerprint density at radius 2 is 1.09 bits per heavy atom. The Bertz CT molecular complexity index is 3110. The van der Waals surface area contributed by atoms with Crippen molar-refractivity contribution in [2.24, 2.45) is 0 Å². The third-order valence-corrected chi connectivity index (χ3v) is 16.2. The zero-order chi connectivity index (χ0) is 46.5. The average Bonchev–Trinajstić information content (AvgIpc) is 3.60. The van der Waals surface area contributed by atoms with Gasteiger partial charge in [0.15, 0.2) is 0 Å². The average molecular weight is 881 g/mol.